The summed E-state index contributed by atoms with van der Waals surface area (Å²) in [5.74, 6) is -0.429. The maximum atomic E-state index is 12.6. The van der Waals surface area contributed by atoms with Crippen LogP contribution in [-0.4, -0.2) is 54.8 Å². The van der Waals surface area contributed by atoms with Gasteiger partial charge in [-0.1, -0.05) is 23.7 Å². The van der Waals surface area contributed by atoms with E-state index in [1.165, 1.54) is 0 Å². The summed E-state index contributed by atoms with van der Waals surface area (Å²) in [5, 5.41) is 0.573. The van der Waals surface area contributed by atoms with Crippen LogP contribution in [0.1, 0.15) is 5.56 Å². The Morgan fingerprint density at radius 3 is 2.89 bits per heavy atom. The van der Waals surface area contributed by atoms with Crippen molar-refractivity contribution in [2.45, 2.75) is 6.10 Å². The van der Waals surface area contributed by atoms with Crippen LogP contribution in [0, 0.1) is 0 Å². The lowest BCUT2D eigenvalue weighted by Crippen LogP contribution is -2.42. The molecule has 1 aromatic carbocycles. The van der Waals surface area contributed by atoms with Crippen molar-refractivity contribution in [1.29, 1.82) is 0 Å². The number of carbonyl (C=O) groups excluding carboxylic acids is 2. The minimum atomic E-state index is -0.491. The zero-order valence-corrected chi connectivity index (χ0v) is 15.2. The molecule has 2 aliphatic heterocycles. The van der Waals surface area contributed by atoms with E-state index in [-0.39, 0.29) is 11.7 Å². The summed E-state index contributed by atoms with van der Waals surface area (Å²) >= 11 is 5.97. The maximum absolute atomic E-state index is 12.6. The van der Waals surface area contributed by atoms with Gasteiger partial charge in [0.1, 0.15) is 0 Å². The molecule has 2 heterocycles. The molecular formula is C20H17ClN2O4. The number of ether oxygens (including phenoxy) is 2. The van der Waals surface area contributed by atoms with E-state index in [0.29, 0.717) is 42.6 Å². The molecule has 4 rings (SSSR count). The summed E-state index contributed by atoms with van der Waals surface area (Å²) in [6.45, 7) is 2.18. The normalized spacial score (nSPS) is 23.4. The average Bonchev–Trinajstić information content (AvgIpc) is 2.68. The van der Waals surface area contributed by atoms with Gasteiger partial charge in [0.05, 0.1) is 18.9 Å². The van der Waals surface area contributed by atoms with E-state index in [9.17, 15) is 9.59 Å². The zero-order chi connectivity index (χ0) is 18.8. The molecule has 1 saturated heterocycles. The molecule has 1 aromatic rings. The Labute approximate surface area is 161 Å². The average molecular weight is 385 g/mol. The molecule has 27 heavy (non-hydrogen) atoms. The Bertz CT molecular complexity index is 910. The van der Waals surface area contributed by atoms with Gasteiger partial charge in [-0.05, 0) is 42.0 Å². The van der Waals surface area contributed by atoms with Crippen LogP contribution in [0.5, 0.6) is 0 Å². The van der Waals surface area contributed by atoms with Gasteiger partial charge < -0.3 is 14.4 Å². The number of carbonyl (C=O) groups is 2. The molecule has 0 saturated carbocycles. The first-order valence-electron chi connectivity index (χ1n) is 8.64. The number of aliphatic imine (C=N–C) groups is 1. The number of nitrogens with zero attached hydrogens (tertiary/aromatic N) is 2. The van der Waals surface area contributed by atoms with E-state index >= 15 is 0 Å². The van der Waals surface area contributed by atoms with Crippen LogP contribution in [-0.2, 0) is 19.1 Å². The van der Waals surface area contributed by atoms with E-state index in [2.05, 4.69) is 4.99 Å². The number of morpholine rings is 1. The minimum Gasteiger partial charge on any atom is -0.474 e. The summed E-state index contributed by atoms with van der Waals surface area (Å²) < 4.78 is 11.1. The van der Waals surface area contributed by atoms with Gasteiger partial charge >= 0.3 is 5.91 Å². The largest absolute Gasteiger partial charge is 0.474 e. The lowest BCUT2D eigenvalue weighted by molar-refractivity contribution is -0.130. The van der Waals surface area contributed by atoms with E-state index in [4.69, 9.17) is 21.1 Å². The highest BCUT2D eigenvalue weighted by atomic mass is 35.5. The van der Waals surface area contributed by atoms with Crippen LogP contribution in [0.2, 0.25) is 5.02 Å². The zero-order valence-electron chi connectivity index (χ0n) is 14.4. The van der Waals surface area contributed by atoms with Crippen molar-refractivity contribution in [3.8, 4) is 0 Å². The van der Waals surface area contributed by atoms with Gasteiger partial charge in [-0.2, -0.15) is 0 Å². The molecule has 0 aromatic heterocycles. The van der Waals surface area contributed by atoms with Crippen LogP contribution < -0.4 is 0 Å². The molecule has 3 aliphatic rings. The van der Waals surface area contributed by atoms with Crippen molar-refractivity contribution in [2.24, 2.45) is 4.99 Å². The molecule has 0 spiro atoms. The molecule has 0 radical (unpaired) electrons. The predicted octanol–water partition coefficient (Wildman–Crippen LogP) is 2.40. The lowest BCUT2D eigenvalue weighted by Gasteiger charge is -2.29. The van der Waals surface area contributed by atoms with Crippen molar-refractivity contribution in [3.63, 3.8) is 0 Å². The molecule has 1 unspecified atom stereocenters. The summed E-state index contributed by atoms with van der Waals surface area (Å²) in [4.78, 5) is 30.8. The third kappa shape index (κ3) is 3.86. The summed E-state index contributed by atoms with van der Waals surface area (Å²) in [6.07, 6.45) is 6.20. The van der Waals surface area contributed by atoms with Crippen LogP contribution in [0.15, 0.2) is 58.8 Å². The molecule has 0 N–H and O–H groups in total. The van der Waals surface area contributed by atoms with Gasteiger partial charge in [-0.15, -0.1) is 0 Å². The van der Waals surface area contributed by atoms with Crippen molar-refractivity contribution in [1.82, 2.24) is 4.90 Å². The summed E-state index contributed by atoms with van der Waals surface area (Å²) in [5.41, 5.74) is 1.68. The van der Waals surface area contributed by atoms with Crippen molar-refractivity contribution < 1.29 is 19.1 Å². The number of hydrogen-bond acceptors (Lipinski definition) is 4. The fraction of sp³-hybridized carbons (Fsp3) is 0.250. The van der Waals surface area contributed by atoms with Gasteiger partial charge in [0, 0.05) is 23.7 Å². The van der Waals surface area contributed by atoms with Crippen LogP contribution in [0.25, 0.3) is 6.08 Å². The molecule has 6 nitrogen and oxygen atoms in total. The Morgan fingerprint density at radius 1 is 1.30 bits per heavy atom. The SMILES string of the molecule is O=C1N=C2C=C(C(=O)N3CCOCC3)C=CC2O/C1=C\c1cccc(Cl)c1. The highest BCUT2D eigenvalue weighted by Gasteiger charge is 2.30. The Kier molecular flexibility index (Phi) is 4.92. The second-order valence-corrected chi connectivity index (χ2v) is 6.74. The molecule has 7 heteroatoms. The monoisotopic (exact) mass is 384 g/mol. The van der Waals surface area contributed by atoms with Gasteiger partial charge in [0.25, 0.3) is 5.91 Å². The number of halogens is 1. The first-order chi connectivity index (χ1) is 13.1. The van der Waals surface area contributed by atoms with E-state index in [1.54, 1.807) is 47.4 Å². The van der Waals surface area contributed by atoms with Gasteiger partial charge in [0.15, 0.2) is 11.9 Å². The molecule has 0 bridgehead atoms. The molecule has 1 atom stereocenters. The molecule has 138 valence electrons. The smallest absolute Gasteiger partial charge is 0.312 e. The van der Waals surface area contributed by atoms with Gasteiger partial charge in [-0.25, -0.2) is 4.99 Å². The first-order valence-corrected chi connectivity index (χ1v) is 9.02. The number of rotatable bonds is 2. The second kappa shape index (κ2) is 7.50. The lowest BCUT2D eigenvalue weighted by atomic mass is 10.0. The van der Waals surface area contributed by atoms with E-state index < -0.39 is 12.0 Å². The number of amides is 2. The summed E-state index contributed by atoms with van der Waals surface area (Å²) in [7, 11) is 0. The number of benzene rings is 1. The fourth-order valence-corrected chi connectivity index (χ4v) is 3.26. The van der Waals surface area contributed by atoms with Crippen LogP contribution >= 0.6 is 11.6 Å². The van der Waals surface area contributed by atoms with Crippen molar-refractivity contribution >= 4 is 35.2 Å². The van der Waals surface area contributed by atoms with Gasteiger partial charge in [0.2, 0.25) is 0 Å². The number of fused-ring (bicyclic) bond motifs is 1. The predicted molar refractivity (Wildman–Crippen MR) is 101 cm³/mol. The Hall–Kier alpha value is -2.70. The maximum Gasteiger partial charge on any atom is 0.312 e. The Balaban J connectivity index is 1.55. The molecule has 2 amide bonds. The molecule has 1 aliphatic carbocycles. The third-order valence-electron chi connectivity index (χ3n) is 4.43. The van der Waals surface area contributed by atoms with Crippen LogP contribution in [0.4, 0.5) is 0 Å². The summed E-state index contributed by atoms with van der Waals surface area (Å²) in [6, 6.07) is 7.11. The topological polar surface area (TPSA) is 68.2 Å². The standard InChI is InChI=1S/C20H17ClN2O4/c21-15-3-1-2-13(10-15)11-18-19(24)22-16-12-14(4-5-17(16)27-18)20(25)23-6-8-26-9-7-23/h1-5,10-12,17H,6-9H2/b18-11-. The Morgan fingerprint density at radius 2 is 2.11 bits per heavy atom. The van der Waals surface area contributed by atoms with Crippen molar-refractivity contribution in [3.05, 3.63) is 64.4 Å². The van der Waals surface area contributed by atoms with Crippen molar-refractivity contribution in [2.75, 3.05) is 26.3 Å². The second-order valence-electron chi connectivity index (χ2n) is 6.31. The van der Waals surface area contributed by atoms with E-state index in [1.807, 2.05) is 6.07 Å². The first kappa shape index (κ1) is 17.7. The quantitative estimate of drug-likeness (QED) is 0.734. The fourth-order valence-electron chi connectivity index (χ4n) is 3.06. The third-order valence-corrected chi connectivity index (χ3v) is 4.67. The van der Waals surface area contributed by atoms with Crippen LogP contribution in [0.3, 0.4) is 0 Å². The highest BCUT2D eigenvalue weighted by Crippen LogP contribution is 2.24. The van der Waals surface area contributed by atoms with Gasteiger partial charge in [-0.3, -0.25) is 9.59 Å². The highest BCUT2D eigenvalue weighted by molar-refractivity contribution is 6.30. The van der Waals surface area contributed by atoms with E-state index in [0.717, 1.165) is 5.56 Å². The molecule has 1 fully saturated rings. The number of hydrogen-bond donors (Lipinski definition) is 0. The molecular weight excluding hydrogens is 368 g/mol. The minimum absolute atomic E-state index is 0.0941.